The lowest BCUT2D eigenvalue weighted by Gasteiger charge is -2.24. The highest BCUT2D eigenvalue weighted by molar-refractivity contribution is 7.13. The van der Waals surface area contributed by atoms with Crippen LogP contribution in [-0.4, -0.2) is 22.6 Å². The Bertz CT molecular complexity index is 651. The first kappa shape index (κ1) is 17.0. The molecule has 1 heterocycles. The fourth-order valence-corrected chi connectivity index (χ4v) is 2.36. The lowest BCUT2D eigenvalue weighted by molar-refractivity contribution is -0.157. The predicted molar refractivity (Wildman–Crippen MR) is 89.3 cm³/mol. The van der Waals surface area contributed by atoms with E-state index in [-0.39, 0.29) is 0 Å². The van der Waals surface area contributed by atoms with Crippen molar-refractivity contribution in [3.63, 3.8) is 0 Å². The van der Waals surface area contributed by atoms with Gasteiger partial charge >= 0.3 is 12.0 Å². The molecule has 0 unspecified atom stereocenters. The molecule has 1 aromatic carbocycles. The molecule has 0 aliphatic carbocycles. The topological polar surface area (TPSA) is 80.3 Å². The van der Waals surface area contributed by atoms with Gasteiger partial charge in [0.15, 0.2) is 11.2 Å². The van der Waals surface area contributed by atoms with Gasteiger partial charge in [-0.25, -0.2) is 14.6 Å². The number of thiazole rings is 1. The maximum absolute atomic E-state index is 12.4. The molecule has 122 valence electrons. The zero-order chi connectivity index (χ0) is 16.9. The number of amides is 2. The molecule has 0 spiro atoms. The summed E-state index contributed by atoms with van der Waals surface area (Å²) in [5.41, 5.74) is 0.00782. The average molecular weight is 333 g/mol. The summed E-state index contributed by atoms with van der Waals surface area (Å²) in [5, 5.41) is 7.43. The molecule has 0 saturated carbocycles. The molecule has 0 bridgehead atoms. The zero-order valence-electron chi connectivity index (χ0n) is 13.2. The van der Waals surface area contributed by atoms with Crippen molar-refractivity contribution in [3.8, 4) is 0 Å². The van der Waals surface area contributed by atoms with Crippen LogP contribution in [0, 0.1) is 0 Å². The molecule has 23 heavy (non-hydrogen) atoms. The number of nitrogens with one attached hydrogen (secondary N) is 2. The van der Waals surface area contributed by atoms with E-state index in [9.17, 15) is 9.59 Å². The molecule has 1 atom stereocenters. The number of hydrogen-bond donors (Lipinski definition) is 2. The zero-order valence-corrected chi connectivity index (χ0v) is 14.0. The van der Waals surface area contributed by atoms with Crippen molar-refractivity contribution in [2.24, 2.45) is 0 Å². The Morgan fingerprint density at radius 3 is 2.48 bits per heavy atom. The normalized spacial score (nSPS) is 12.3. The van der Waals surface area contributed by atoms with Crippen LogP contribution in [0.5, 0.6) is 0 Å². The highest BCUT2D eigenvalue weighted by Gasteiger charge is 2.28. The van der Waals surface area contributed by atoms with E-state index in [1.54, 1.807) is 56.6 Å². The number of aromatic nitrogens is 1. The van der Waals surface area contributed by atoms with Gasteiger partial charge in [0.25, 0.3) is 0 Å². The minimum absolute atomic E-state index is 0.457. The summed E-state index contributed by atoms with van der Waals surface area (Å²) in [6.45, 7) is 5.34. The summed E-state index contributed by atoms with van der Waals surface area (Å²) >= 11 is 1.29. The Morgan fingerprint density at radius 2 is 1.91 bits per heavy atom. The number of rotatable bonds is 4. The summed E-state index contributed by atoms with van der Waals surface area (Å²) in [6.07, 6.45) is 1.59. The first-order valence-electron chi connectivity index (χ1n) is 7.10. The number of urea groups is 1. The molecule has 2 N–H and O–H groups in total. The van der Waals surface area contributed by atoms with Gasteiger partial charge in [-0.1, -0.05) is 30.3 Å². The maximum Gasteiger partial charge on any atom is 0.333 e. The van der Waals surface area contributed by atoms with Crippen LogP contribution in [0.2, 0.25) is 0 Å². The largest absolute Gasteiger partial charge is 0.458 e. The minimum Gasteiger partial charge on any atom is -0.458 e. The number of benzene rings is 1. The van der Waals surface area contributed by atoms with E-state index < -0.39 is 23.6 Å². The quantitative estimate of drug-likeness (QED) is 0.841. The standard InChI is InChI=1S/C16H19N3O3S/c1-16(2,3)22-13(20)12(11-7-5-4-6-8-11)18-14(21)19-15-17-9-10-23-15/h4-10,12H,1-3H3,(H2,17,18,19,21)/t12-/m0/s1. The van der Waals surface area contributed by atoms with Crippen LogP contribution < -0.4 is 10.6 Å². The van der Waals surface area contributed by atoms with E-state index in [2.05, 4.69) is 15.6 Å². The van der Waals surface area contributed by atoms with Crippen LogP contribution in [0.25, 0.3) is 0 Å². The van der Waals surface area contributed by atoms with Crippen molar-refractivity contribution in [1.29, 1.82) is 0 Å². The van der Waals surface area contributed by atoms with E-state index in [0.29, 0.717) is 10.7 Å². The van der Waals surface area contributed by atoms with Gasteiger partial charge in [0, 0.05) is 11.6 Å². The molecule has 0 radical (unpaired) electrons. The third-order valence-corrected chi connectivity index (χ3v) is 3.39. The third kappa shape index (κ3) is 5.37. The Balaban J connectivity index is 2.13. The first-order valence-corrected chi connectivity index (χ1v) is 7.98. The summed E-state index contributed by atoms with van der Waals surface area (Å²) in [6, 6.07) is 7.55. The Kier molecular flexibility index (Phi) is 5.33. The number of nitrogens with zero attached hydrogens (tertiary/aromatic N) is 1. The number of carbonyl (C=O) groups excluding carboxylic acids is 2. The van der Waals surface area contributed by atoms with Gasteiger partial charge < -0.3 is 10.1 Å². The van der Waals surface area contributed by atoms with Crippen molar-refractivity contribution in [3.05, 3.63) is 47.5 Å². The second-order valence-corrected chi connectivity index (χ2v) is 6.71. The van der Waals surface area contributed by atoms with Gasteiger partial charge in [-0.3, -0.25) is 5.32 Å². The second-order valence-electron chi connectivity index (χ2n) is 5.81. The molecule has 7 heteroatoms. The molecule has 0 aliphatic rings. The number of carbonyl (C=O) groups is 2. The summed E-state index contributed by atoms with van der Waals surface area (Å²) in [4.78, 5) is 28.5. The van der Waals surface area contributed by atoms with E-state index in [0.717, 1.165) is 0 Å². The highest BCUT2D eigenvalue weighted by Crippen LogP contribution is 2.19. The molecular formula is C16H19N3O3S. The monoisotopic (exact) mass is 333 g/mol. The molecule has 2 aromatic rings. The molecule has 0 fully saturated rings. The fraction of sp³-hybridized carbons (Fsp3) is 0.312. The van der Waals surface area contributed by atoms with Crippen molar-refractivity contribution in [1.82, 2.24) is 10.3 Å². The van der Waals surface area contributed by atoms with Crippen molar-refractivity contribution >= 4 is 28.5 Å². The summed E-state index contributed by atoms with van der Waals surface area (Å²) in [5.74, 6) is -0.516. The molecule has 1 aromatic heterocycles. The molecule has 0 aliphatic heterocycles. The minimum atomic E-state index is -0.893. The Hall–Kier alpha value is -2.41. The van der Waals surface area contributed by atoms with E-state index in [4.69, 9.17) is 4.74 Å². The predicted octanol–water partition coefficient (Wildman–Crippen LogP) is 3.35. The van der Waals surface area contributed by atoms with Gasteiger partial charge in [0.1, 0.15) is 5.60 Å². The molecular weight excluding hydrogens is 314 g/mol. The second kappa shape index (κ2) is 7.23. The first-order chi connectivity index (χ1) is 10.8. The van der Waals surface area contributed by atoms with Crippen molar-refractivity contribution in [2.45, 2.75) is 32.4 Å². The molecule has 0 saturated heterocycles. The lowest BCUT2D eigenvalue weighted by atomic mass is 10.1. The van der Waals surface area contributed by atoms with Crippen LogP contribution in [0.15, 0.2) is 41.9 Å². The third-order valence-electron chi connectivity index (χ3n) is 2.70. The van der Waals surface area contributed by atoms with Gasteiger partial charge in [0.05, 0.1) is 0 Å². The molecule has 2 rings (SSSR count). The summed E-state index contributed by atoms with van der Waals surface area (Å²) < 4.78 is 5.40. The van der Waals surface area contributed by atoms with Crippen LogP contribution in [0.3, 0.4) is 0 Å². The summed E-state index contributed by atoms with van der Waals surface area (Å²) in [7, 11) is 0. The Morgan fingerprint density at radius 1 is 1.22 bits per heavy atom. The smallest absolute Gasteiger partial charge is 0.333 e. The van der Waals surface area contributed by atoms with Crippen LogP contribution in [-0.2, 0) is 9.53 Å². The van der Waals surface area contributed by atoms with Gasteiger partial charge in [-0.15, -0.1) is 11.3 Å². The molecule has 2 amide bonds. The number of hydrogen-bond acceptors (Lipinski definition) is 5. The van der Waals surface area contributed by atoms with Crippen molar-refractivity contribution in [2.75, 3.05) is 5.32 Å². The van der Waals surface area contributed by atoms with E-state index in [1.807, 2.05) is 6.07 Å². The van der Waals surface area contributed by atoms with Crippen LogP contribution in [0.4, 0.5) is 9.93 Å². The lowest BCUT2D eigenvalue weighted by Crippen LogP contribution is -2.40. The van der Waals surface area contributed by atoms with Gasteiger partial charge in [-0.2, -0.15) is 0 Å². The van der Waals surface area contributed by atoms with Crippen molar-refractivity contribution < 1.29 is 14.3 Å². The SMILES string of the molecule is CC(C)(C)OC(=O)[C@@H](NC(=O)Nc1nccs1)c1ccccc1. The number of esters is 1. The number of anilines is 1. The van der Waals surface area contributed by atoms with Crippen LogP contribution in [0.1, 0.15) is 32.4 Å². The van der Waals surface area contributed by atoms with Crippen LogP contribution >= 0.6 is 11.3 Å². The fourth-order valence-electron chi connectivity index (χ4n) is 1.83. The van der Waals surface area contributed by atoms with E-state index in [1.165, 1.54) is 11.3 Å². The highest BCUT2D eigenvalue weighted by atomic mass is 32.1. The average Bonchev–Trinajstić information content (AvgIpc) is 2.96. The van der Waals surface area contributed by atoms with Gasteiger partial charge in [-0.05, 0) is 26.3 Å². The number of ether oxygens (including phenoxy) is 1. The Labute approximate surface area is 138 Å². The van der Waals surface area contributed by atoms with Gasteiger partial charge in [0.2, 0.25) is 0 Å². The van der Waals surface area contributed by atoms with E-state index >= 15 is 0 Å². The molecule has 6 nitrogen and oxygen atoms in total. The maximum atomic E-state index is 12.4.